The highest BCUT2D eigenvalue weighted by Crippen LogP contribution is 2.25. The van der Waals surface area contributed by atoms with Crippen LogP contribution in [-0.2, 0) is 26.0 Å². The number of aryl methyl sites for hydroxylation is 1. The minimum Gasteiger partial charge on any atom is -0.378 e. The van der Waals surface area contributed by atoms with Gasteiger partial charge in [-0.2, -0.15) is 0 Å². The van der Waals surface area contributed by atoms with Crippen LogP contribution in [0.3, 0.4) is 0 Å². The Morgan fingerprint density at radius 3 is 2.81 bits per heavy atom. The van der Waals surface area contributed by atoms with Gasteiger partial charge in [-0.25, -0.2) is 13.4 Å². The number of ether oxygens (including phenoxy) is 1. The third kappa shape index (κ3) is 4.61. The summed E-state index contributed by atoms with van der Waals surface area (Å²) in [5.41, 5.74) is 0.631. The predicted octanol–water partition coefficient (Wildman–Crippen LogP) is 2.42. The van der Waals surface area contributed by atoms with Gasteiger partial charge in [-0.3, -0.25) is 9.52 Å². The van der Waals surface area contributed by atoms with Gasteiger partial charge in [0.1, 0.15) is 0 Å². The Balaban J connectivity index is 1.68. The first-order chi connectivity index (χ1) is 12.3. The van der Waals surface area contributed by atoms with Crippen molar-refractivity contribution >= 4 is 48.3 Å². The van der Waals surface area contributed by atoms with Gasteiger partial charge in [-0.1, -0.05) is 15.9 Å². The molecule has 140 valence electrons. The Bertz CT molecular complexity index is 908. The minimum atomic E-state index is -3.73. The van der Waals surface area contributed by atoms with E-state index in [9.17, 15) is 13.2 Å². The Hall–Kier alpha value is -1.49. The average molecular weight is 460 g/mol. The van der Waals surface area contributed by atoms with Gasteiger partial charge >= 0.3 is 0 Å². The number of carbonyl (C=O) groups is 1. The van der Waals surface area contributed by atoms with Gasteiger partial charge in [0.2, 0.25) is 5.91 Å². The zero-order chi connectivity index (χ0) is 18.7. The highest BCUT2D eigenvalue weighted by molar-refractivity contribution is 9.10. The molecule has 2 heterocycles. The Labute approximate surface area is 164 Å². The number of morpholine rings is 1. The number of halogens is 1. The lowest BCUT2D eigenvalue weighted by Gasteiger charge is -2.26. The molecule has 1 aliphatic rings. The van der Waals surface area contributed by atoms with Gasteiger partial charge in [0.15, 0.2) is 5.13 Å². The first-order valence-corrected chi connectivity index (χ1v) is 11.0. The summed E-state index contributed by atoms with van der Waals surface area (Å²) in [7, 11) is -3.73. The molecule has 1 fully saturated rings. The molecule has 2 aromatic rings. The molecule has 1 amide bonds. The van der Waals surface area contributed by atoms with E-state index >= 15 is 0 Å². The molecule has 1 N–H and O–H groups in total. The summed E-state index contributed by atoms with van der Waals surface area (Å²) in [6, 6.07) is 4.96. The van der Waals surface area contributed by atoms with Crippen molar-refractivity contribution in [2.45, 2.75) is 18.2 Å². The van der Waals surface area contributed by atoms with E-state index in [0.29, 0.717) is 36.7 Å². The highest BCUT2D eigenvalue weighted by atomic mass is 79.9. The van der Waals surface area contributed by atoms with Crippen LogP contribution in [0.1, 0.15) is 10.4 Å². The average Bonchev–Trinajstić information content (AvgIpc) is 3.01. The monoisotopic (exact) mass is 459 g/mol. The largest absolute Gasteiger partial charge is 0.378 e. The summed E-state index contributed by atoms with van der Waals surface area (Å²) < 4.78 is 33.7. The topological polar surface area (TPSA) is 88.6 Å². The lowest BCUT2D eigenvalue weighted by atomic mass is 10.2. The summed E-state index contributed by atoms with van der Waals surface area (Å²) in [6.45, 7) is 3.99. The summed E-state index contributed by atoms with van der Waals surface area (Å²) in [5, 5.41) is 0.247. The van der Waals surface area contributed by atoms with Crippen molar-refractivity contribution in [3.63, 3.8) is 0 Å². The van der Waals surface area contributed by atoms with Crippen LogP contribution in [0.2, 0.25) is 0 Å². The molecule has 7 nitrogen and oxygen atoms in total. The second kappa shape index (κ2) is 8.03. The Morgan fingerprint density at radius 1 is 1.38 bits per heavy atom. The fourth-order valence-electron chi connectivity index (χ4n) is 2.59. The van der Waals surface area contributed by atoms with Gasteiger partial charge in [0.25, 0.3) is 10.0 Å². The van der Waals surface area contributed by atoms with E-state index in [-0.39, 0.29) is 22.4 Å². The number of anilines is 1. The maximum atomic E-state index is 12.6. The van der Waals surface area contributed by atoms with Crippen LogP contribution >= 0.6 is 27.3 Å². The lowest BCUT2D eigenvalue weighted by molar-refractivity contribution is -0.134. The molecule has 1 aromatic carbocycles. The number of benzene rings is 1. The van der Waals surface area contributed by atoms with E-state index in [0.717, 1.165) is 4.47 Å². The number of hydrogen-bond acceptors (Lipinski definition) is 6. The van der Waals surface area contributed by atoms with Crippen molar-refractivity contribution in [2.24, 2.45) is 0 Å². The third-order valence-corrected chi connectivity index (χ3v) is 6.93. The number of nitrogens with one attached hydrogen (secondary N) is 1. The number of aromatic nitrogens is 1. The molecule has 0 spiro atoms. The fraction of sp³-hybridized carbons (Fsp3) is 0.375. The summed E-state index contributed by atoms with van der Waals surface area (Å²) in [4.78, 5) is 19.0. The van der Waals surface area contributed by atoms with Gasteiger partial charge in [0.05, 0.1) is 24.5 Å². The molecule has 3 rings (SSSR count). The van der Waals surface area contributed by atoms with Crippen molar-refractivity contribution in [2.75, 3.05) is 31.0 Å². The van der Waals surface area contributed by atoms with E-state index in [1.807, 2.05) is 0 Å². The van der Waals surface area contributed by atoms with Crippen molar-refractivity contribution in [1.82, 2.24) is 9.88 Å². The number of amides is 1. The summed E-state index contributed by atoms with van der Waals surface area (Å²) in [5.74, 6) is -0.00453. The predicted molar refractivity (Wildman–Crippen MR) is 103 cm³/mol. The van der Waals surface area contributed by atoms with E-state index in [2.05, 4.69) is 25.6 Å². The molecular formula is C16H18BrN3O4S2. The van der Waals surface area contributed by atoms with Gasteiger partial charge < -0.3 is 9.64 Å². The van der Waals surface area contributed by atoms with E-state index < -0.39 is 10.0 Å². The highest BCUT2D eigenvalue weighted by Gasteiger charge is 2.21. The molecule has 0 bridgehead atoms. The van der Waals surface area contributed by atoms with Crippen LogP contribution in [0, 0.1) is 6.92 Å². The van der Waals surface area contributed by atoms with Crippen LogP contribution in [0.5, 0.6) is 0 Å². The number of thiazole rings is 1. The van der Waals surface area contributed by atoms with E-state index in [1.54, 1.807) is 24.0 Å². The molecule has 0 unspecified atom stereocenters. The quantitative estimate of drug-likeness (QED) is 0.741. The number of nitrogens with zero attached hydrogens (tertiary/aromatic N) is 2. The minimum absolute atomic E-state index is 0.00453. The van der Waals surface area contributed by atoms with Gasteiger partial charge in [-0.05, 0) is 30.7 Å². The third-order valence-electron chi connectivity index (χ3n) is 3.89. The van der Waals surface area contributed by atoms with E-state index in [1.165, 1.54) is 23.6 Å². The molecule has 1 aromatic heterocycles. The number of sulfonamides is 1. The smallest absolute Gasteiger partial charge is 0.263 e. The van der Waals surface area contributed by atoms with Crippen LogP contribution in [0.4, 0.5) is 5.13 Å². The summed E-state index contributed by atoms with van der Waals surface area (Å²) in [6.07, 6.45) is 1.74. The van der Waals surface area contributed by atoms with Crippen molar-refractivity contribution in [1.29, 1.82) is 0 Å². The van der Waals surface area contributed by atoms with Crippen LogP contribution in [0.25, 0.3) is 0 Å². The molecule has 26 heavy (non-hydrogen) atoms. The Kier molecular flexibility index (Phi) is 5.96. The maximum absolute atomic E-state index is 12.6. The van der Waals surface area contributed by atoms with Crippen LogP contribution in [0.15, 0.2) is 33.8 Å². The molecule has 0 atom stereocenters. The first-order valence-electron chi connectivity index (χ1n) is 7.94. The second-order valence-corrected chi connectivity index (χ2v) is 9.50. The zero-order valence-corrected chi connectivity index (χ0v) is 17.3. The maximum Gasteiger partial charge on any atom is 0.263 e. The zero-order valence-electron chi connectivity index (χ0n) is 14.1. The Morgan fingerprint density at radius 2 is 2.12 bits per heavy atom. The van der Waals surface area contributed by atoms with Gasteiger partial charge in [0, 0.05) is 28.6 Å². The standard InChI is InChI=1S/C16H18BrN3O4S2/c1-11-8-12(17)2-3-14(11)26(22,23)19-16-18-10-13(25-16)9-15(21)20-4-6-24-7-5-20/h2-3,8,10H,4-7,9H2,1H3,(H,18,19). The van der Waals surface area contributed by atoms with Crippen LogP contribution in [-0.4, -0.2) is 50.5 Å². The van der Waals surface area contributed by atoms with Crippen LogP contribution < -0.4 is 4.72 Å². The van der Waals surface area contributed by atoms with E-state index in [4.69, 9.17) is 4.74 Å². The van der Waals surface area contributed by atoms with Crippen molar-refractivity contribution in [3.8, 4) is 0 Å². The fourth-order valence-corrected chi connectivity index (χ4v) is 5.34. The molecule has 0 aliphatic carbocycles. The molecule has 1 saturated heterocycles. The SMILES string of the molecule is Cc1cc(Br)ccc1S(=O)(=O)Nc1ncc(CC(=O)N2CCOCC2)s1. The molecule has 0 saturated carbocycles. The second-order valence-electron chi connectivity index (χ2n) is 5.82. The first kappa shape index (κ1) is 19.3. The normalized spacial score (nSPS) is 15.1. The molecule has 10 heteroatoms. The molecular weight excluding hydrogens is 442 g/mol. The van der Waals surface area contributed by atoms with Crippen molar-refractivity contribution < 1.29 is 17.9 Å². The number of carbonyl (C=O) groups excluding carboxylic acids is 1. The lowest BCUT2D eigenvalue weighted by Crippen LogP contribution is -2.41. The summed E-state index contributed by atoms with van der Waals surface area (Å²) >= 11 is 4.49. The molecule has 1 aliphatic heterocycles. The molecule has 0 radical (unpaired) electrons. The van der Waals surface area contributed by atoms with Crippen molar-refractivity contribution in [3.05, 3.63) is 39.3 Å². The number of hydrogen-bond donors (Lipinski definition) is 1. The number of rotatable bonds is 5. The van der Waals surface area contributed by atoms with Gasteiger partial charge in [-0.15, -0.1) is 11.3 Å².